The topological polar surface area (TPSA) is 85.4 Å². The van der Waals surface area contributed by atoms with E-state index in [0.29, 0.717) is 30.4 Å². The molecule has 2 rings (SSSR count). The number of methoxy groups -OCH3 is 2. The van der Waals surface area contributed by atoms with Crippen molar-refractivity contribution in [1.82, 2.24) is 10.2 Å². The minimum atomic E-state index is -0.329. The van der Waals surface area contributed by atoms with Gasteiger partial charge in [-0.3, -0.25) is 4.79 Å². The molecule has 1 amide bonds. The lowest BCUT2D eigenvalue weighted by atomic mass is 10.3. The van der Waals surface area contributed by atoms with Gasteiger partial charge in [-0.25, -0.2) is 0 Å². The monoisotopic (exact) mass is 302 g/mol. The highest BCUT2D eigenvalue weighted by atomic mass is 16.5. The molecule has 7 nitrogen and oxygen atoms in total. The van der Waals surface area contributed by atoms with E-state index in [1.807, 2.05) is 0 Å². The molecule has 0 unspecified atom stereocenters. The smallest absolute Gasteiger partial charge is 0.276 e. The Balaban J connectivity index is 1.97. The summed E-state index contributed by atoms with van der Waals surface area (Å²) < 4.78 is 10.0. The predicted octanol–water partition coefficient (Wildman–Crippen LogP) is 1.80. The Hall–Kier alpha value is -2.67. The summed E-state index contributed by atoms with van der Waals surface area (Å²) in [6, 6.07) is 10.4. The number of rotatable bonds is 7. The van der Waals surface area contributed by atoms with Crippen LogP contribution in [-0.4, -0.2) is 43.5 Å². The largest absolute Gasteiger partial charge is 0.497 e. The number of hydrogen-bond donors (Lipinski definition) is 2. The second kappa shape index (κ2) is 7.94. The van der Waals surface area contributed by atoms with Crippen LogP contribution in [0.25, 0.3) is 0 Å². The second-order valence-corrected chi connectivity index (χ2v) is 4.41. The number of benzene rings is 1. The molecule has 1 aromatic carbocycles. The standard InChI is InChI=1S/C15H18N4O3/c1-21-9-8-16-14-7-6-13(18-19-14)15(20)17-11-4-3-5-12(10-11)22-2/h3-7,10H,8-9H2,1-2H3,(H,16,19)(H,17,20). The Morgan fingerprint density at radius 2 is 2.05 bits per heavy atom. The van der Waals surface area contributed by atoms with Crippen molar-refractivity contribution in [3.63, 3.8) is 0 Å². The molecule has 0 saturated carbocycles. The highest BCUT2D eigenvalue weighted by molar-refractivity contribution is 6.02. The third-order valence-electron chi connectivity index (χ3n) is 2.84. The van der Waals surface area contributed by atoms with Crippen LogP contribution in [0.5, 0.6) is 5.75 Å². The van der Waals surface area contributed by atoms with Crippen molar-refractivity contribution in [1.29, 1.82) is 0 Å². The van der Waals surface area contributed by atoms with Crippen LogP contribution in [0.2, 0.25) is 0 Å². The average Bonchev–Trinajstić information content (AvgIpc) is 2.56. The number of nitrogens with zero attached hydrogens (tertiary/aromatic N) is 2. The highest BCUT2D eigenvalue weighted by Crippen LogP contribution is 2.17. The van der Waals surface area contributed by atoms with Gasteiger partial charge in [-0.1, -0.05) is 6.07 Å². The Morgan fingerprint density at radius 1 is 1.18 bits per heavy atom. The van der Waals surface area contributed by atoms with Gasteiger partial charge >= 0.3 is 0 Å². The maximum absolute atomic E-state index is 12.1. The summed E-state index contributed by atoms with van der Waals surface area (Å²) in [6.07, 6.45) is 0. The van der Waals surface area contributed by atoms with Crippen LogP contribution in [0.1, 0.15) is 10.5 Å². The molecule has 0 aliphatic carbocycles. The van der Waals surface area contributed by atoms with E-state index < -0.39 is 0 Å². The number of carbonyl (C=O) groups is 1. The van der Waals surface area contributed by atoms with Gasteiger partial charge in [-0.15, -0.1) is 10.2 Å². The van der Waals surface area contributed by atoms with Gasteiger partial charge in [0.05, 0.1) is 13.7 Å². The van der Waals surface area contributed by atoms with Crippen LogP contribution in [0.15, 0.2) is 36.4 Å². The molecule has 7 heteroatoms. The molecular formula is C15H18N4O3. The number of aromatic nitrogens is 2. The molecule has 2 N–H and O–H groups in total. The quantitative estimate of drug-likeness (QED) is 0.759. The molecule has 0 aliphatic heterocycles. The summed E-state index contributed by atoms with van der Waals surface area (Å²) in [5, 5.41) is 13.6. The predicted molar refractivity (Wildman–Crippen MR) is 83.3 cm³/mol. The summed E-state index contributed by atoms with van der Waals surface area (Å²) in [5.41, 5.74) is 0.869. The van der Waals surface area contributed by atoms with E-state index in [9.17, 15) is 4.79 Å². The number of carbonyl (C=O) groups excluding carboxylic acids is 1. The third-order valence-corrected chi connectivity index (χ3v) is 2.84. The first kappa shape index (κ1) is 15.7. The van der Waals surface area contributed by atoms with Crippen LogP contribution >= 0.6 is 0 Å². The zero-order chi connectivity index (χ0) is 15.8. The van der Waals surface area contributed by atoms with E-state index in [0.717, 1.165) is 0 Å². The second-order valence-electron chi connectivity index (χ2n) is 4.41. The first-order valence-corrected chi connectivity index (χ1v) is 6.75. The Labute approximate surface area is 128 Å². The van der Waals surface area contributed by atoms with Crippen LogP contribution < -0.4 is 15.4 Å². The lowest BCUT2D eigenvalue weighted by Crippen LogP contribution is -2.15. The van der Waals surface area contributed by atoms with Crippen molar-refractivity contribution >= 4 is 17.4 Å². The minimum Gasteiger partial charge on any atom is -0.497 e. The fourth-order valence-corrected chi connectivity index (χ4v) is 1.72. The van der Waals surface area contributed by atoms with Gasteiger partial charge in [0.2, 0.25) is 0 Å². The van der Waals surface area contributed by atoms with Crippen molar-refractivity contribution in [2.45, 2.75) is 0 Å². The first-order valence-electron chi connectivity index (χ1n) is 6.75. The van der Waals surface area contributed by atoms with E-state index in [-0.39, 0.29) is 11.6 Å². The molecule has 0 atom stereocenters. The van der Waals surface area contributed by atoms with Crippen LogP contribution in [-0.2, 0) is 4.74 Å². The molecule has 0 radical (unpaired) electrons. The minimum absolute atomic E-state index is 0.236. The van der Waals surface area contributed by atoms with Gasteiger partial charge in [0.25, 0.3) is 5.91 Å². The van der Waals surface area contributed by atoms with Crippen molar-refractivity contribution in [2.75, 3.05) is 38.0 Å². The molecule has 0 saturated heterocycles. The number of nitrogens with one attached hydrogen (secondary N) is 2. The van der Waals surface area contributed by atoms with Crippen LogP contribution in [0.4, 0.5) is 11.5 Å². The van der Waals surface area contributed by atoms with Gasteiger partial charge in [0.15, 0.2) is 5.69 Å². The van der Waals surface area contributed by atoms with Gasteiger partial charge < -0.3 is 20.1 Å². The molecule has 2 aromatic rings. The van der Waals surface area contributed by atoms with Crippen molar-refractivity contribution in [2.24, 2.45) is 0 Å². The first-order chi connectivity index (χ1) is 10.7. The summed E-state index contributed by atoms with van der Waals surface area (Å²) in [4.78, 5) is 12.1. The van der Waals surface area contributed by atoms with E-state index in [1.54, 1.807) is 50.6 Å². The van der Waals surface area contributed by atoms with Crippen molar-refractivity contribution in [3.8, 4) is 5.75 Å². The van der Waals surface area contributed by atoms with Crippen LogP contribution in [0, 0.1) is 0 Å². The number of hydrogen-bond acceptors (Lipinski definition) is 6. The molecule has 1 heterocycles. The lowest BCUT2D eigenvalue weighted by molar-refractivity contribution is 0.102. The molecular weight excluding hydrogens is 284 g/mol. The molecule has 22 heavy (non-hydrogen) atoms. The normalized spacial score (nSPS) is 10.1. The molecule has 0 fully saturated rings. The zero-order valence-electron chi connectivity index (χ0n) is 12.5. The maximum Gasteiger partial charge on any atom is 0.276 e. The number of anilines is 2. The third kappa shape index (κ3) is 4.42. The van der Waals surface area contributed by atoms with Gasteiger partial charge in [0, 0.05) is 25.4 Å². The van der Waals surface area contributed by atoms with E-state index in [4.69, 9.17) is 9.47 Å². The van der Waals surface area contributed by atoms with E-state index >= 15 is 0 Å². The Bertz CT molecular complexity index is 616. The highest BCUT2D eigenvalue weighted by Gasteiger charge is 2.09. The molecule has 116 valence electrons. The number of ether oxygens (including phenoxy) is 2. The lowest BCUT2D eigenvalue weighted by Gasteiger charge is -2.07. The van der Waals surface area contributed by atoms with Gasteiger partial charge in [-0.05, 0) is 24.3 Å². The summed E-state index contributed by atoms with van der Waals surface area (Å²) in [7, 11) is 3.20. The summed E-state index contributed by atoms with van der Waals surface area (Å²) >= 11 is 0. The van der Waals surface area contributed by atoms with E-state index in [2.05, 4.69) is 20.8 Å². The summed E-state index contributed by atoms with van der Waals surface area (Å²) in [6.45, 7) is 1.19. The number of amides is 1. The maximum atomic E-state index is 12.1. The molecule has 0 aliphatic rings. The van der Waals surface area contributed by atoms with Gasteiger partial charge in [0.1, 0.15) is 11.6 Å². The summed E-state index contributed by atoms with van der Waals surface area (Å²) in [5.74, 6) is 0.931. The fourth-order valence-electron chi connectivity index (χ4n) is 1.72. The zero-order valence-corrected chi connectivity index (χ0v) is 12.5. The molecule has 0 spiro atoms. The molecule has 0 bridgehead atoms. The van der Waals surface area contributed by atoms with Crippen molar-refractivity contribution in [3.05, 3.63) is 42.1 Å². The fraction of sp³-hybridized carbons (Fsp3) is 0.267. The SMILES string of the molecule is COCCNc1ccc(C(=O)Nc2cccc(OC)c2)nn1. The molecule has 1 aromatic heterocycles. The Kier molecular flexibility index (Phi) is 5.67. The average molecular weight is 302 g/mol. The van der Waals surface area contributed by atoms with Gasteiger partial charge in [-0.2, -0.15) is 0 Å². The van der Waals surface area contributed by atoms with Crippen LogP contribution in [0.3, 0.4) is 0 Å². The van der Waals surface area contributed by atoms with E-state index in [1.165, 1.54) is 0 Å². The van der Waals surface area contributed by atoms with Crippen molar-refractivity contribution < 1.29 is 14.3 Å². The Morgan fingerprint density at radius 3 is 2.73 bits per heavy atom.